The van der Waals surface area contributed by atoms with E-state index in [1.54, 1.807) is 11.3 Å². The van der Waals surface area contributed by atoms with Crippen LogP contribution in [0.4, 0.5) is 10.3 Å². The average molecular weight is 493 g/mol. The van der Waals surface area contributed by atoms with Crippen LogP contribution in [0.25, 0.3) is 0 Å². The molecule has 0 spiro atoms. The molecule has 1 atom stereocenters. The second kappa shape index (κ2) is 12.5. The average Bonchev–Trinajstić information content (AvgIpc) is 3.43. The Morgan fingerprint density at radius 1 is 1.00 bits per heavy atom. The number of nitrogens with one attached hydrogen (secondary N) is 2. The molecule has 9 nitrogen and oxygen atoms in total. The molecule has 2 N–H and O–H groups in total. The van der Waals surface area contributed by atoms with Gasteiger partial charge in [-0.1, -0.05) is 53.0 Å². The Hall–Kier alpha value is -2.57. The fraction of sp³-hybridized carbons (Fsp3) is 0.400. The van der Waals surface area contributed by atoms with Crippen LogP contribution < -0.4 is 10.6 Å². The number of aryl methyl sites for hydroxylation is 2. The van der Waals surface area contributed by atoms with Crippen molar-refractivity contribution in [1.29, 1.82) is 0 Å². The summed E-state index contributed by atoms with van der Waals surface area (Å²) in [6.45, 7) is 1.29. The first-order valence-corrected chi connectivity index (χ1v) is 12.7. The molecule has 1 unspecified atom stereocenters. The maximum absolute atomic E-state index is 12.8. The number of hydrogen-bond acceptors (Lipinski definition) is 11. The predicted molar refractivity (Wildman–Crippen MR) is 129 cm³/mol. The highest BCUT2D eigenvalue weighted by molar-refractivity contribution is 7.99. The molecule has 0 aliphatic rings. The molecule has 170 valence electrons. The Labute approximate surface area is 198 Å². The summed E-state index contributed by atoms with van der Waals surface area (Å²) >= 11 is 4.74. The smallest absolute Gasteiger partial charge is 0.302 e. The lowest BCUT2D eigenvalue weighted by Gasteiger charge is -2.15. The molecule has 32 heavy (non-hydrogen) atoms. The molecule has 3 aromatic rings. The lowest BCUT2D eigenvalue weighted by molar-refractivity contribution is -0.142. The second-order valence-corrected chi connectivity index (χ2v) is 9.97. The number of rotatable bonds is 12. The lowest BCUT2D eigenvalue weighted by atomic mass is 9.99. The minimum absolute atomic E-state index is 0.0299. The normalized spacial score (nSPS) is 11.7. The minimum Gasteiger partial charge on any atom is -0.465 e. The van der Waals surface area contributed by atoms with Gasteiger partial charge in [0, 0.05) is 26.8 Å². The first kappa shape index (κ1) is 24.1. The zero-order valence-electron chi connectivity index (χ0n) is 17.7. The van der Waals surface area contributed by atoms with Crippen molar-refractivity contribution in [1.82, 2.24) is 20.4 Å². The van der Waals surface area contributed by atoms with E-state index in [1.807, 2.05) is 49.1 Å². The third kappa shape index (κ3) is 7.53. The topological polar surface area (TPSA) is 119 Å². The summed E-state index contributed by atoms with van der Waals surface area (Å²) in [5.41, 5.74) is 0.768. The summed E-state index contributed by atoms with van der Waals surface area (Å²) in [4.78, 5) is 24.0. The van der Waals surface area contributed by atoms with E-state index in [-0.39, 0.29) is 12.5 Å². The molecule has 0 bridgehead atoms. The Kier molecular flexibility index (Phi) is 9.38. The molecule has 0 saturated carbocycles. The molecule has 2 heterocycles. The van der Waals surface area contributed by atoms with Crippen molar-refractivity contribution in [2.45, 2.75) is 25.7 Å². The highest BCUT2D eigenvalue weighted by Gasteiger charge is 2.23. The van der Waals surface area contributed by atoms with Gasteiger partial charge in [-0.2, -0.15) is 11.8 Å². The summed E-state index contributed by atoms with van der Waals surface area (Å²) in [5, 5.41) is 25.4. The van der Waals surface area contributed by atoms with Gasteiger partial charge in [-0.25, -0.2) is 0 Å². The van der Waals surface area contributed by atoms with E-state index >= 15 is 0 Å². The van der Waals surface area contributed by atoms with E-state index in [0.717, 1.165) is 45.1 Å². The van der Waals surface area contributed by atoms with Crippen LogP contribution in [-0.4, -0.2) is 57.4 Å². The van der Waals surface area contributed by atoms with Crippen molar-refractivity contribution >= 4 is 56.6 Å². The largest absolute Gasteiger partial charge is 0.465 e. The maximum Gasteiger partial charge on any atom is 0.302 e. The summed E-state index contributed by atoms with van der Waals surface area (Å²) in [7, 11) is 1.83. The van der Waals surface area contributed by atoms with Gasteiger partial charge in [0.2, 0.25) is 16.2 Å². The first-order valence-electron chi connectivity index (χ1n) is 9.94. The van der Waals surface area contributed by atoms with E-state index in [2.05, 4.69) is 31.0 Å². The molecular formula is C20H24N6O3S3. The number of ether oxygens (including phenoxy) is 1. The van der Waals surface area contributed by atoms with Crippen molar-refractivity contribution < 1.29 is 14.3 Å². The van der Waals surface area contributed by atoms with Gasteiger partial charge in [0.05, 0.1) is 5.92 Å². The van der Waals surface area contributed by atoms with E-state index in [0.29, 0.717) is 5.13 Å². The molecule has 3 rings (SSSR count). The van der Waals surface area contributed by atoms with Gasteiger partial charge in [0.25, 0.3) is 0 Å². The van der Waals surface area contributed by atoms with Crippen LogP contribution in [0, 0.1) is 0 Å². The number of aromatic nitrogens is 4. The van der Waals surface area contributed by atoms with Gasteiger partial charge in [0.15, 0.2) is 0 Å². The number of anilines is 2. The number of benzene rings is 1. The van der Waals surface area contributed by atoms with Crippen LogP contribution >= 0.6 is 34.4 Å². The second-order valence-electron chi connectivity index (χ2n) is 6.62. The molecule has 0 fully saturated rings. The molecule has 0 radical (unpaired) electrons. The Bertz CT molecular complexity index is 1010. The van der Waals surface area contributed by atoms with Gasteiger partial charge in [-0.3, -0.25) is 14.9 Å². The van der Waals surface area contributed by atoms with Crippen molar-refractivity contribution in [3.8, 4) is 0 Å². The van der Waals surface area contributed by atoms with Crippen molar-refractivity contribution in [3.63, 3.8) is 0 Å². The van der Waals surface area contributed by atoms with Crippen molar-refractivity contribution in [2.24, 2.45) is 0 Å². The number of carbonyl (C=O) groups is 2. The summed E-state index contributed by atoms with van der Waals surface area (Å²) in [5.74, 6) is 0.525. The highest BCUT2D eigenvalue weighted by atomic mass is 32.2. The number of thioether (sulfide) groups is 1. The van der Waals surface area contributed by atoms with Crippen LogP contribution in [0.5, 0.6) is 0 Å². The molecule has 0 aliphatic carbocycles. The quantitative estimate of drug-likeness (QED) is 0.290. The minimum atomic E-state index is -0.619. The first-order chi connectivity index (χ1) is 15.5. The van der Waals surface area contributed by atoms with Gasteiger partial charge in [0.1, 0.15) is 16.6 Å². The van der Waals surface area contributed by atoms with Crippen LogP contribution in [0.3, 0.4) is 0 Å². The van der Waals surface area contributed by atoms with Crippen LogP contribution in [-0.2, 0) is 27.2 Å². The summed E-state index contributed by atoms with van der Waals surface area (Å²) < 4.78 is 5.09. The number of hydrogen-bond donors (Lipinski definition) is 2. The van der Waals surface area contributed by atoms with Gasteiger partial charge in [-0.15, -0.1) is 20.4 Å². The number of nitrogens with zero attached hydrogens (tertiary/aromatic N) is 4. The zero-order chi connectivity index (χ0) is 22.8. The Balaban J connectivity index is 1.46. The van der Waals surface area contributed by atoms with Crippen molar-refractivity contribution in [3.05, 3.63) is 45.9 Å². The van der Waals surface area contributed by atoms with E-state index in [9.17, 15) is 9.59 Å². The SMILES string of the molecule is CNc1nnc(CCSCCc2nnc(NC(=O)C(COC(C)=O)c3ccccc3)s2)s1. The Morgan fingerprint density at radius 3 is 2.22 bits per heavy atom. The molecule has 12 heteroatoms. The highest BCUT2D eigenvalue weighted by Crippen LogP contribution is 2.22. The third-order valence-electron chi connectivity index (χ3n) is 4.27. The van der Waals surface area contributed by atoms with E-state index in [4.69, 9.17) is 4.74 Å². The number of esters is 1. The fourth-order valence-electron chi connectivity index (χ4n) is 2.68. The molecule has 0 saturated heterocycles. The van der Waals surface area contributed by atoms with E-state index in [1.165, 1.54) is 18.3 Å². The lowest BCUT2D eigenvalue weighted by Crippen LogP contribution is -2.25. The van der Waals surface area contributed by atoms with E-state index < -0.39 is 11.9 Å². The molecular weight excluding hydrogens is 468 g/mol. The summed E-state index contributed by atoms with van der Waals surface area (Å²) in [6.07, 6.45) is 1.65. The van der Waals surface area contributed by atoms with Crippen molar-refractivity contribution in [2.75, 3.05) is 35.8 Å². The van der Waals surface area contributed by atoms with Crippen LogP contribution in [0.2, 0.25) is 0 Å². The third-order valence-corrected chi connectivity index (χ3v) is 7.15. The predicted octanol–water partition coefficient (Wildman–Crippen LogP) is 3.24. The monoisotopic (exact) mass is 492 g/mol. The van der Waals surface area contributed by atoms with Gasteiger partial charge >= 0.3 is 5.97 Å². The maximum atomic E-state index is 12.8. The van der Waals surface area contributed by atoms with Crippen LogP contribution in [0.15, 0.2) is 30.3 Å². The van der Waals surface area contributed by atoms with Gasteiger partial charge in [-0.05, 0) is 17.1 Å². The molecule has 2 aromatic heterocycles. The number of carbonyl (C=O) groups excluding carboxylic acids is 2. The van der Waals surface area contributed by atoms with Crippen LogP contribution in [0.1, 0.15) is 28.4 Å². The molecule has 1 amide bonds. The fourth-order valence-corrected chi connectivity index (χ4v) is 5.26. The molecule has 0 aliphatic heterocycles. The zero-order valence-corrected chi connectivity index (χ0v) is 20.2. The standard InChI is InChI=1S/C20H24N6O3S3/c1-13(27)29-12-15(14-6-4-3-5-7-14)18(28)22-20-26-24-17(32-20)9-11-30-10-8-16-23-25-19(21-2)31-16/h3-7,15H,8-12H2,1-2H3,(H,21,25)(H,22,26,28). The number of amides is 1. The summed E-state index contributed by atoms with van der Waals surface area (Å²) in [6, 6.07) is 9.21. The Morgan fingerprint density at radius 2 is 1.62 bits per heavy atom. The van der Waals surface area contributed by atoms with Gasteiger partial charge < -0.3 is 10.1 Å². The molecule has 1 aromatic carbocycles.